The summed E-state index contributed by atoms with van der Waals surface area (Å²) in [5.41, 5.74) is 0.538. The van der Waals surface area contributed by atoms with Gasteiger partial charge in [0.2, 0.25) is 0 Å². The van der Waals surface area contributed by atoms with E-state index in [-0.39, 0.29) is 11.8 Å². The van der Waals surface area contributed by atoms with Crippen molar-refractivity contribution in [1.29, 1.82) is 0 Å². The maximum Gasteiger partial charge on any atom is 0.256 e. The number of ether oxygens (including phenoxy) is 1. The first-order chi connectivity index (χ1) is 7.09. The minimum atomic E-state index is -0.178. The number of amides is 2. The van der Waals surface area contributed by atoms with Crippen molar-refractivity contribution < 1.29 is 14.3 Å². The Balaban J connectivity index is 1.76. The highest BCUT2D eigenvalue weighted by molar-refractivity contribution is 6.15. The molecule has 4 nitrogen and oxygen atoms in total. The highest BCUT2D eigenvalue weighted by Crippen LogP contribution is 2.26. The van der Waals surface area contributed by atoms with Crippen molar-refractivity contribution in [2.45, 2.75) is 38.9 Å². The van der Waals surface area contributed by atoms with Crippen molar-refractivity contribution in [2.24, 2.45) is 0 Å². The number of hydrogen-bond acceptors (Lipinski definition) is 3. The van der Waals surface area contributed by atoms with E-state index in [9.17, 15) is 9.59 Å². The minimum Gasteiger partial charge on any atom is -0.370 e. The SMILES string of the molecule is CC1=CC(=O)N(CCCC2OC2C)C1=O. The molecule has 1 saturated heterocycles. The van der Waals surface area contributed by atoms with Gasteiger partial charge in [0, 0.05) is 18.2 Å². The van der Waals surface area contributed by atoms with E-state index in [0.717, 1.165) is 12.8 Å². The number of rotatable bonds is 4. The zero-order valence-corrected chi connectivity index (χ0v) is 9.03. The molecule has 0 spiro atoms. The third kappa shape index (κ3) is 2.09. The maximum atomic E-state index is 11.5. The van der Waals surface area contributed by atoms with E-state index < -0.39 is 0 Å². The molecule has 2 heterocycles. The first-order valence-electron chi connectivity index (χ1n) is 5.29. The Hall–Kier alpha value is -1.16. The smallest absolute Gasteiger partial charge is 0.256 e. The molecule has 2 amide bonds. The number of nitrogens with zero attached hydrogens (tertiary/aromatic N) is 1. The van der Waals surface area contributed by atoms with Gasteiger partial charge in [-0.3, -0.25) is 14.5 Å². The molecule has 2 atom stereocenters. The molecule has 2 unspecified atom stereocenters. The topological polar surface area (TPSA) is 49.9 Å². The van der Waals surface area contributed by atoms with Crippen LogP contribution in [0.2, 0.25) is 0 Å². The van der Waals surface area contributed by atoms with Crippen molar-refractivity contribution in [3.8, 4) is 0 Å². The summed E-state index contributed by atoms with van der Waals surface area (Å²) in [6, 6.07) is 0. The fourth-order valence-corrected chi connectivity index (χ4v) is 1.83. The summed E-state index contributed by atoms with van der Waals surface area (Å²) in [4.78, 5) is 24.1. The van der Waals surface area contributed by atoms with Gasteiger partial charge < -0.3 is 4.74 Å². The van der Waals surface area contributed by atoms with Crippen LogP contribution in [-0.2, 0) is 14.3 Å². The Morgan fingerprint density at radius 1 is 1.47 bits per heavy atom. The van der Waals surface area contributed by atoms with Crippen molar-refractivity contribution >= 4 is 11.8 Å². The first kappa shape index (κ1) is 10.4. The Bertz CT molecular complexity index is 335. The van der Waals surface area contributed by atoms with E-state index in [1.54, 1.807) is 6.92 Å². The summed E-state index contributed by atoms with van der Waals surface area (Å²) in [5.74, 6) is -0.327. The fraction of sp³-hybridized carbons (Fsp3) is 0.636. The van der Waals surface area contributed by atoms with Crippen molar-refractivity contribution in [3.05, 3.63) is 11.6 Å². The Labute approximate surface area is 88.9 Å². The van der Waals surface area contributed by atoms with Crippen LogP contribution in [0.1, 0.15) is 26.7 Å². The maximum absolute atomic E-state index is 11.5. The van der Waals surface area contributed by atoms with Gasteiger partial charge in [-0.2, -0.15) is 0 Å². The molecule has 0 bridgehead atoms. The Morgan fingerprint density at radius 2 is 2.13 bits per heavy atom. The molecule has 4 heteroatoms. The molecule has 0 aromatic carbocycles. The summed E-state index contributed by atoms with van der Waals surface area (Å²) in [5, 5.41) is 0. The third-order valence-electron chi connectivity index (χ3n) is 2.90. The average molecular weight is 209 g/mol. The zero-order valence-electron chi connectivity index (χ0n) is 9.03. The highest BCUT2D eigenvalue weighted by Gasteiger charge is 2.34. The van der Waals surface area contributed by atoms with Crippen molar-refractivity contribution in [3.63, 3.8) is 0 Å². The minimum absolute atomic E-state index is 0.148. The summed E-state index contributed by atoms with van der Waals surface area (Å²) >= 11 is 0. The van der Waals surface area contributed by atoms with Crippen LogP contribution < -0.4 is 0 Å². The van der Waals surface area contributed by atoms with Crippen LogP contribution >= 0.6 is 0 Å². The average Bonchev–Trinajstić information content (AvgIpc) is 2.81. The largest absolute Gasteiger partial charge is 0.370 e. The molecule has 0 aromatic heterocycles. The molecule has 0 saturated carbocycles. The number of carbonyl (C=O) groups excluding carboxylic acids is 2. The molecule has 82 valence electrons. The highest BCUT2D eigenvalue weighted by atomic mass is 16.6. The van der Waals surface area contributed by atoms with Gasteiger partial charge in [-0.1, -0.05) is 0 Å². The van der Waals surface area contributed by atoms with Gasteiger partial charge in [0.1, 0.15) is 0 Å². The van der Waals surface area contributed by atoms with Gasteiger partial charge in [0.15, 0.2) is 0 Å². The molecule has 0 N–H and O–H groups in total. The van der Waals surface area contributed by atoms with Crippen LogP contribution in [0.25, 0.3) is 0 Å². The van der Waals surface area contributed by atoms with E-state index in [0.29, 0.717) is 24.3 Å². The standard InChI is InChI=1S/C11H15NO3/c1-7-6-10(13)12(11(7)14)5-3-4-9-8(2)15-9/h6,8-9H,3-5H2,1-2H3. The van der Waals surface area contributed by atoms with Gasteiger partial charge >= 0.3 is 0 Å². The Kier molecular flexibility index (Phi) is 2.61. The summed E-state index contributed by atoms with van der Waals surface area (Å²) < 4.78 is 5.25. The lowest BCUT2D eigenvalue weighted by Crippen LogP contribution is -2.31. The van der Waals surface area contributed by atoms with Gasteiger partial charge in [-0.05, 0) is 26.7 Å². The van der Waals surface area contributed by atoms with Gasteiger partial charge in [0.25, 0.3) is 11.8 Å². The van der Waals surface area contributed by atoms with Gasteiger partial charge in [-0.15, -0.1) is 0 Å². The molecule has 2 aliphatic rings. The number of imide groups is 1. The van der Waals surface area contributed by atoms with E-state index in [1.165, 1.54) is 11.0 Å². The molecule has 0 aromatic rings. The van der Waals surface area contributed by atoms with E-state index >= 15 is 0 Å². The van der Waals surface area contributed by atoms with Crippen molar-refractivity contribution in [2.75, 3.05) is 6.54 Å². The molecule has 0 aliphatic carbocycles. The van der Waals surface area contributed by atoms with Crippen molar-refractivity contribution in [1.82, 2.24) is 4.90 Å². The second kappa shape index (κ2) is 3.77. The lowest BCUT2D eigenvalue weighted by Gasteiger charge is -2.13. The van der Waals surface area contributed by atoms with E-state index in [2.05, 4.69) is 0 Å². The van der Waals surface area contributed by atoms with Crippen LogP contribution in [0.4, 0.5) is 0 Å². The third-order valence-corrected chi connectivity index (χ3v) is 2.90. The molecule has 1 fully saturated rings. The Morgan fingerprint density at radius 3 is 2.60 bits per heavy atom. The van der Waals surface area contributed by atoms with Crippen LogP contribution in [0.3, 0.4) is 0 Å². The molecular formula is C11H15NO3. The molecule has 2 aliphatic heterocycles. The van der Waals surface area contributed by atoms with Gasteiger partial charge in [0.05, 0.1) is 12.2 Å². The number of hydrogen-bond donors (Lipinski definition) is 0. The predicted molar refractivity (Wildman–Crippen MR) is 54.0 cm³/mol. The molecule has 15 heavy (non-hydrogen) atoms. The quantitative estimate of drug-likeness (QED) is 0.510. The van der Waals surface area contributed by atoms with Crippen LogP contribution in [0, 0.1) is 0 Å². The van der Waals surface area contributed by atoms with Crippen LogP contribution in [0.5, 0.6) is 0 Å². The second-order valence-corrected chi connectivity index (χ2v) is 4.14. The fourth-order valence-electron chi connectivity index (χ4n) is 1.83. The summed E-state index contributed by atoms with van der Waals surface area (Å²) in [6.45, 7) is 4.22. The molecule has 2 rings (SSSR count). The van der Waals surface area contributed by atoms with E-state index in [4.69, 9.17) is 4.74 Å². The second-order valence-electron chi connectivity index (χ2n) is 4.14. The summed E-state index contributed by atoms with van der Waals surface area (Å²) in [7, 11) is 0. The predicted octanol–water partition coefficient (Wildman–Crippen LogP) is 0.869. The summed E-state index contributed by atoms with van der Waals surface area (Å²) in [6.07, 6.45) is 3.85. The molecule has 0 radical (unpaired) electrons. The van der Waals surface area contributed by atoms with E-state index in [1.807, 2.05) is 6.92 Å². The monoisotopic (exact) mass is 209 g/mol. The lowest BCUT2D eigenvalue weighted by molar-refractivity contribution is -0.137. The lowest BCUT2D eigenvalue weighted by atomic mass is 10.2. The number of carbonyl (C=O) groups is 2. The zero-order chi connectivity index (χ0) is 11.0. The van der Waals surface area contributed by atoms with Crippen LogP contribution in [-0.4, -0.2) is 35.5 Å². The number of epoxide rings is 1. The normalized spacial score (nSPS) is 29.7. The van der Waals surface area contributed by atoms with Gasteiger partial charge in [-0.25, -0.2) is 0 Å². The first-order valence-corrected chi connectivity index (χ1v) is 5.29. The molecular weight excluding hydrogens is 194 g/mol. The van der Waals surface area contributed by atoms with Crippen LogP contribution in [0.15, 0.2) is 11.6 Å².